The summed E-state index contributed by atoms with van der Waals surface area (Å²) in [4.78, 5) is 0.475. The molecule has 118 valence electrons. The highest BCUT2D eigenvalue weighted by molar-refractivity contribution is 7.89. The van der Waals surface area contributed by atoms with Crippen LogP contribution in [0.3, 0.4) is 0 Å². The van der Waals surface area contributed by atoms with E-state index in [-0.39, 0.29) is 16.4 Å². The quantitative estimate of drug-likeness (QED) is 0.559. The summed E-state index contributed by atoms with van der Waals surface area (Å²) in [6.45, 7) is 7.00. The Hall–Kier alpha value is -1.02. The molecule has 0 aromatic heterocycles. The van der Waals surface area contributed by atoms with E-state index in [1.54, 1.807) is 19.1 Å². The van der Waals surface area contributed by atoms with Crippen molar-refractivity contribution >= 4 is 27.2 Å². The van der Waals surface area contributed by atoms with Crippen molar-refractivity contribution in [3.05, 3.63) is 29.3 Å². The first-order valence-corrected chi connectivity index (χ1v) is 8.61. The molecule has 1 aromatic carbocycles. The number of nitrogens with one attached hydrogen (secondary N) is 1. The minimum atomic E-state index is -3.55. The molecule has 5 nitrogen and oxygen atoms in total. The molecule has 0 radical (unpaired) electrons. The van der Waals surface area contributed by atoms with E-state index in [1.807, 2.05) is 13.8 Å². The van der Waals surface area contributed by atoms with Crippen LogP contribution >= 0.6 is 12.2 Å². The van der Waals surface area contributed by atoms with Crippen molar-refractivity contribution in [1.29, 1.82) is 0 Å². The lowest BCUT2D eigenvalue weighted by atomic mass is 10.1. The minimum Gasteiger partial charge on any atom is -0.389 e. The van der Waals surface area contributed by atoms with E-state index in [0.717, 1.165) is 0 Å². The zero-order valence-electron chi connectivity index (χ0n) is 12.5. The van der Waals surface area contributed by atoms with E-state index in [4.69, 9.17) is 22.7 Å². The number of benzene rings is 1. The molecule has 0 fully saturated rings. The molecule has 3 N–H and O–H groups in total. The predicted octanol–water partition coefficient (Wildman–Crippen LogP) is 1.58. The third kappa shape index (κ3) is 5.70. The second-order valence-electron chi connectivity index (χ2n) is 5.21. The molecule has 0 aliphatic heterocycles. The highest BCUT2D eigenvalue weighted by atomic mass is 32.2. The normalized spacial score (nSPS) is 11.8. The van der Waals surface area contributed by atoms with Crippen molar-refractivity contribution in [2.24, 2.45) is 11.7 Å². The minimum absolute atomic E-state index is 0.228. The van der Waals surface area contributed by atoms with E-state index in [2.05, 4.69) is 4.72 Å². The fraction of sp³-hybridized carbons (Fsp3) is 0.500. The van der Waals surface area contributed by atoms with Gasteiger partial charge in [0.2, 0.25) is 10.0 Å². The van der Waals surface area contributed by atoms with Crippen LogP contribution in [0.25, 0.3) is 0 Å². The molecule has 1 rings (SSSR count). The zero-order chi connectivity index (χ0) is 16.0. The Morgan fingerprint density at radius 1 is 1.43 bits per heavy atom. The number of sulfonamides is 1. The van der Waals surface area contributed by atoms with E-state index in [1.165, 1.54) is 6.07 Å². The third-order valence-electron chi connectivity index (χ3n) is 2.74. The van der Waals surface area contributed by atoms with Crippen molar-refractivity contribution in [1.82, 2.24) is 4.72 Å². The molecule has 0 amide bonds. The summed E-state index contributed by atoms with van der Waals surface area (Å²) in [6.07, 6.45) is 0. The summed E-state index contributed by atoms with van der Waals surface area (Å²) in [7, 11) is -3.55. The Balaban J connectivity index is 2.68. The highest BCUT2D eigenvalue weighted by Gasteiger charge is 2.16. The standard InChI is InChI=1S/C14H22N2O3S2/c1-10(2)9-19-7-6-16-21(17,18)13-5-4-12(14(15)20)8-11(13)3/h4-5,8,10,16H,6-7,9H2,1-3H3,(H2,15,20). The molecule has 1 aromatic rings. The van der Waals surface area contributed by atoms with Crippen LogP contribution in [0.5, 0.6) is 0 Å². The second kappa shape index (κ2) is 7.84. The summed E-state index contributed by atoms with van der Waals surface area (Å²) >= 11 is 4.87. The topological polar surface area (TPSA) is 81.4 Å². The first-order chi connectivity index (χ1) is 9.74. The Morgan fingerprint density at radius 3 is 2.62 bits per heavy atom. The number of hydrogen-bond acceptors (Lipinski definition) is 4. The summed E-state index contributed by atoms with van der Waals surface area (Å²) in [5.74, 6) is 0.427. The molecule has 0 saturated heterocycles. The molecule has 0 spiro atoms. The number of aryl methyl sites for hydroxylation is 1. The summed E-state index contributed by atoms with van der Waals surface area (Å²) < 4.78 is 32.3. The average molecular weight is 330 g/mol. The molecule has 0 saturated carbocycles. The molecule has 7 heteroatoms. The van der Waals surface area contributed by atoms with Gasteiger partial charge in [0, 0.05) is 18.7 Å². The molecule has 0 heterocycles. The van der Waals surface area contributed by atoms with Gasteiger partial charge in [0.1, 0.15) is 4.99 Å². The second-order valence-corrected chi connectivity index (χ2v) is 7.39. The average Bonchev–Trinajstić information content (AvgIpc) is 2.37. The van der Waals surface area contributed by atoms with E-state index < -0.39 is 10.0 Å². The SMILES string of the molecule is Cc1cc(C(N)=S)ccc1S(=O)(=O)NCCOCC(C)C. The van der Waals surface area contributed by atoms with Gasteiger partial charge in [0.15, 0.2) is 0 Å². The number of hydrogen-bond donors (Lipinski definition) is 2. The van der Waals surface area contributed by atoms with E-state index in [0.29, 0.717) is 30.3 Å². The lowest BCUT2D eigenvalue weighted by molar-refractivity contribution is 0.114. The van der Waals surface area contributed by atoms with Crippen LogP contribution in [0.1, 0.15) is 25.0 Å². The van der Waals surface area contributed by atoms with Crippen molar-refractivity contribution in [2.75, 3.05) is 19.8 Å². The molecule has 0 bridgehead atoms. The number of ether oxygens (including phenoxy) is 1. The maximum Gasteiger partial charge on any atom is 0.240 e. The van der Waals surface area contributed by atoms with Crippen LogP contribution in [-0.2, 0) is 14.8 Å². The molecule has 0 aliphatic carbocycles. The lowest BCUT2D eigenvalue weighted by Crippen LogP contribution is -2.28. The zero-order valence-corrected chi connectivity index (χ0v) is 14.2. The van der Waals surface area contributed by atoms with Crippen LogP contribution in [-0.4, -0.2) is 33.2 Å². The largest absolute Gasteiger partial charge is 0.389 e. The monoisotopic (exact) mass is 330 g/mol. The maximum atomic E-state index is 12.2. The van der Waals surface area contributed by atoms with Gasteiger partial charge in [-0.1, -0.05) is 32.1 Å². The van der Waals surface area contributed by atoms with Gasteiger partial charge in [-0.3, -0.25) is 0 Å². The van der Waals surface area contributed by atoms with Crippen molar-refractivity contribution < 1.29 is 13.2 Å². The van der Waals surface area contributed by atoms with Crippen LogP contribution in [0.4, 0.5) is 0 Å². The first-order valence-electron chi connectivity index (χ1n) is 6.72. The Kier molecular flexibility index (Phi) is 6.73. The molecule has 0 aliphatic rings. The van der Waals surface area contributed by atoms with E-state index in [9.17, 15) is 8.42 Å². The van der Waals surface area contributed by atoms with Gasteiger partial charge in [0.05, 0.1) is 11.5 Å². The van der Waals surface area contributed by atoms with Crippen LogP contribution in [0.2, 0.25) is 0 Å². The fourth-order valence-corrected chi connectivity index (χ4v) is 3.11. The summed E-state index contributed by atoms with van der Waals surface area (Å²) in [6, 6.07) is 4.80. The van der Waals surface area contributed by atoms with Gasteiger partial charge in [-0.05, 0) is 30.5 Å². The van der Waals surface area contributed by atoms with Crippen LogP contribution in [0.15, 0.2) is 23.1 Å². The van der Waals surface area contributed by atoms with Crippen LogP contribution < -0.4 is 10.5 Å². The molecule has 0 atom stereocenters. The molecular weight excluding hydrogens is 308 g/mol. The number of nitrogens with two attached hydrogens (primary N) is 1. The maximum absolute atomic E-state index is 12.2. The Morgan fingerprint density at radius 2 is 2.10 bits per heavy atom. The summed E-state index contributed by atoms with van der Waals surface area (Å²) in [5.41, 5.74) is 6.79. The smallest absolute Gasteiger partial charge is 0.240 e. The van der Waals surface area contributed by atoms with Gasteiger partial charge in [-0.25, -0.2) is 13.1 Å². The van der Waals surface area contributed by atoms with Gasteiger partial charge in [-0.15, -0.1) is 0 Å². The third-order valence-corrected chi connectivity index (χ3v) is 4.60. The molecular formula is C14H22N2O3S2. The molecule has 0 unspecified atom stereocenters. The Labute approximate surface area is 131 Å². The van der Waals surface area contributed by atoms with Crippen molar-refractivity contribution in [3.63, 3.8) is 0 Å². The predicted molar refractivity (Wildman–Crippen MR) is 87.9 cm³/mol. The number of rotatable bonds is 8. The summed E-state index contributed by atoms with van der Waals surface area (Å²) in [5, 5.41) is 0. The highest BCUT2D eigenvalue weighted by Crippen LogP contribution is 2.16. The van der Waals surface area contributed by atoms with Gasteiger partial charge < -0.3 is 10.5 Å². The van der Waals surface area contributed by atoms with Gasteiger partial charge in [-0.2, -0.15) is 0 Å². The van der Waals surface area contributed by atoms with Crippen molar-refractivity contribution in [2.45, 2.75) is 25.7 Å². The number of thiocarbonyl (C=S) groups is 1. The fourth-order valence-electron chi connectivity index (χ4n) is 1.75. The first kappa shape index (κ1) is 18.0. The Bertz CT molecular complexity index is 598. The van der Waals surface area contributed by atoms with Crippen molar-refractivity contribution in [3.8, 4) is 0 Å². The lowest BCUT2D eigenvalue weighted by Gasteiger charge is -2.11. The van der Waals surface area contributed by atoms with Crippen LogP contribution in [0, 0.1) is 12.8 Å². The van der Waals surface area contributed by atoms with E-state index >= 15 is 0 Å². The van der Waals surface area contributed by atoms with Gasteiger partial charge >= 0.3 is 0 Å². The molecule has 21 heavy (non-hydrogen) atoms. The van der Waals surface area contributed by atoms with Gasteiger partial charge in [0.25, 0.3) is 0 Å².